The van der Waals surface area contributed by atoms with Gasteiger partial charge in [-0.1, -0.05) is 31.2 Å². The molecule has 1 aromatic carbocycles. The molecule has 0 saturated heterocycles. The van der Waals surface area contributed by atoms with Gasteiger partial charge in [-0.15, -0.1) is 0 Å². The van der Waals surface area contributed by atoms with Crippen LogP contribution in [-0.2, 0) is 4.79 Å². The lowest BCUT2D eigenvalue weighted by molar-refractivity contribution is -0.118. The summed E-state index contributed by atoms with van der Waals surface area (Å²) in [7, 11) is 0. The number of rotatable bonds is 4. The second-order valence-corrected chi connectivity index (χ2v) is 6.31. The predicted molar refractivity (Wildman–Crippen MR) is 85.8 cm³/mol. The molecule has 0 unspecified atom stereocenters. The van der Waals surface area contributed by atoms with E-state index in [9.17, 15) is 9.90 Å². The van der Waals surface area contributed by atoms with E-state index in [1.54, 1.807) is 0 Å². The molecule has 0 spiro atoms. The Morgan fingerprint density at radius 2 is 2.05 bits per heavy atom. The topological polar surface area (TPSA) is 49.3 Å². The highest BCUT2D eigenvalue weighted by Crippen LogP contribution is 2.31. The van der Waals surface area contributed by atoms with Gasteiger partial charge in [0.05, 0.1) is 5.60 Å². The molecule has 0 bridgehead atoms. The van der Waals surface area contributed by atoms with Crippen LogP contribution in [0.2, 0.25) is 0 Å². The maximum atomic E-state index is 11.9. The standard InChI is InChI=1S/C18H25NO2/c1-14-9-11-18(21,12-10-14)13-19-17(20)8-7-16-6-4-3-5-15(16)2/h3-8,14,21H,9-13H2,1-2H3,(H,19,20). The van der Waals surface area contributed by atoms with E-state index in [4.69, 9.17) is 0 Å². The number of hydrogen-bond donors (Lipinski definition) is 2. The largest absolute Gasteiger partial charge is 0.388 e. The molecule has 1 fully saturated rings. The van der Waals surface area contributed by atoms with E-state index in [-0.39, 0.29) is 5.91 Å². The molecule has 3 nitrogen and oxygen atoms in total. The molecule has 0 radical (unpaired) electrons. The van der Waals surface area contributed by atoms with Crippen LogP contribution in [-0.4, -0.2) is 23.2 Å². The SMILES string of the molecule is Cc1ccccc1C=CC(=O)NCC1(O)CCC(C)CC1. The van der Waals surface area contributed by atoms with E-state index in [1.165, 1.54) is 6.08 Å². The second-order valence-electron chi connectivity index (χ2n) is 6.31. The molecule has 3 heteroatoms. The van der Waals surface area contributed by atoms with Crippen LogP contribution in [0.3, 0.4) is 0 Å². The van der Waals surface area contributed by atoms with Gasteiger partial charge in [-0.2, -0.15) is 0 Å². The highest BCUT2D eigenvalue weighted by Gasteiger charge is 2.31. The summed E-state index contributed by atoms with van der Waals surface area (Å²) in [5.41, 5.74) is 1.46. The average molecular weight is 287 g/mol. The second kappa shape index (κ2) is 6.90. The van der Waals surface area contributed by atoms with E-state index in [2.05, 4.69) is 12.2 Å². The van der Waals surface area contributed by atoms with Crippen LogP contribution >= 0.6 is 0 Å². The van der Waals surface area contributed by atoms with Gasteiger partial charge in [0.15, 0.2) is 0 Å². The fraction of sp³-hybridized carbons (Fsp3) is 0.500. The van der Waals surface area contributed by atoms with Crippen LogP contribution in [0.1, 0.15) is 43.7 Å². The highest BCUT2D eigenvalue weighted by molar-refractivity contribution is 5.91. The van der Waals surface area contributed by atoms with E-state index in [0.717, 1.165) is 36.8 Å². The van der Waals surface area contributed by atoms with Crippen LogP contribution < -0.4 is 5.32 Å². The van der Waals surface area contributed by atoms with Crippen molar-refractivity contribution in [3.63, 3.8) is 0 Å². The Morgan fingerprint density at radius 1 is 1.38 bits per heavy atom. The zero-order chi connectivity index (χ0) is 15.3. The molecule has 2 rings (SSSR count). The predicted octanol–water partition coefficient (Wildman–Crippen LogP) is 3.07. The van der Waals surface area contributed by atoms with Crippen molar-refractivity contribution < 1.29 is 9.90 Å². The number of aryl methyl sites for hydroxylation is 1. The molecule has 21 heavy (non-hydrogen) atoms. The van der Waals surface area contributed by atoms with Crippen LogP contribution in [0, 0.1) is 12.8 Å². The number of hydrogen-bond acceptors (Lipinski definition) is 2. The van der Waals surface area contributed by atoms with E-state index < -0.39 is 5.60 Å². The summed E-state index contributed by atoms with van der Waals surface area (Å²) in [4.78, 5) is 11.9. The summed E-state index contributed by atoms with van der Waals surface area (Å²) in [6.45, 7) is 4.57. The Kier molecular flexibility index (Phi) is 5.18. The number of carbonyl (C=O) groups excluding carboxylic acids is 1. The van der Waals surface area contributed by atoms with Gasteiger partial charge in [0, 0.05) is 12.6 Å². The van der Waals surface area contributed by atoms with Gasteiger partial charge in [0.2, 0.25) is 5.91 Å². The minimum Gasteiger partial charge on any atom is -0.388 e. The van der Waals surface area contributed by atoms with E-state index >= 15 is 0 Å². The molecule has 1 saturated carbocycles. The summed E-state index contributed by atoms with van der Waals surface area (Å²) in [6, 6.07) is 7.93. The molecule has 1 amide bonds. The number of amides is 1. The minimum absolute atomic E-state index is 0.148. The first-order valence-electron chi connectivity index (χ1n) is 7.72. The summed E-state index contributed by atoms with van der Waals surface area (Å²) < 4.78 is 0. The Morgan fingerprint density at radius 3 is 2.71 bits per heavy atom. The first-order chi connectivity index (χ1) is 9.98. The quantitative estimate of drug-likeness (QED) is 0.836. The van der Waals surface area contributed by atoms with Crippen LogP contribution in [0.4, 0.5) is 0 Å². The number of nitrogens with one attached hydrogen (secondary N) is 1. The summed E-state index contributed by atoms with van der Waals surface area (Å²) >= 11 is 0. The van der Waals surface area contributed by atoms with Crippen molar-refractivity contribution in [1.29, 1.82) is 0 Å². The van der Waals surface area contributed by atoms with Crippen molar-refractivity contribution in [2.75, 3.05) is 6.54 Å². The molecule has 0 aliphatic heterocycles. The number of carbonyl (C=O) groups is 1. The first kappa shape index (κ1) is 15.8. The van der Waals surface area contributed by atoms with Gasteiger partial charge in [-0.25, -0.2) is 0 Å². The molecule has 2 N–H and O–H groups in total. The molecule has 0 aromatic heterocycles. The molecule has 0 heterocycles. The van der Waals surface area contributed by atoms with E-state index in [1.807, 2.05) is 37.3 Å². The zero-order valence-corrected chi connectivity index (χ0v) is 12.9. The van der Waals surface area contributed by atoms with Gasteiger partial charge in [-0.05, 0) is 55.7 Å². The lowest BCUT2D eigenvalue weighted by Crippen LogP contribution is -2.44. The summed E-state index contributed by atoms with van der Waals surface area (Å²) in [6.07, 6.45) is 6.97. The molecule has 114 valence electrons. The van der Waals surface area contributed by atoms with Gasteiger partial charge in [0.1, 0.15) is 0 Å². The summed E-state index contributed by atoms with van der Waals surface area (Å²) in [5.74, 6) is 0.534. The van der Waals surface area contributed by atoms with Gasteiger partial charge in [0.25, 0.3) is 0 Å². The summed E-state index contributed by atoms with van der Waals surface area (Å²) in [5, 5.41) is 13.3. The molecule has 1 aromatic rings. The van der Waals surface area contributed by atoms with Gasteiger partial charge in [-0.3, -0.25) is 4.79 Å². The molecule has 1 aliphatic carbocycles. The zero-order valence-electron chi connectivity index (χ0n) is 12.9. The average Bonchev–Trinajstić information content (AvgIpc) is 2.48. The fourth-order valence-corrected chi connectivity index (χ4v) is 2.73. The third kappa shape index (κ3) is 4.71. The minimum atomic E-state index is -0.724. The van der Waals surface area contributed by atoms with Crippen molar-refractivity contribution >= 4 is 12.0 Å². The maximum absolute atomic E-state index is 11.9. The first-order valence-corrected chi connectivity index (χ1v) is 7.72. The van der Waals surface area contributed by atoms with Crippen molar-refractivity contribution in [1.82, 2.24) is 5.32 Å². The normalized spacial score (nSPS) is 26.0. The highest BCUT2D eigenvalue weighted by atomic mass is 16.3. The lowest BCUT2D eigenvalue weighted by atomic mass is 9.79. The fourth-order valence-electron chi connectivity index (χ4n) is 2.73. The third-order valence-electron chi connectivity index (χ3n) is 4.40. The third-order valence-corrected chi connectivity index (χ3v) is 4.40. The van der Waals surface area contributed by atoms with Gasteiger partial charge < -0.3 is 10.4 Å². The van der Waals surface area contributed by atoms with Crippen LogP contribution in [0.25, 0.3) is 6.08 Å². The lowest BCUT2D eigenvalue weighted by Gasteiger charge is -2.34. The maximum Gasteiger partial charge on any atom is 0.244 e. The van der Waals surface area contributed by atoms with Crippen molar-refractivity contribution in [2.24, 2.45) is 5.92 Å². The van der Waals surface area contributed by atoms with Crippen molar-refractivity contribution in [3.8, 4) is 0 Å². The molecular formula is C18H25NO2. The van der Waals surface area contributed by atoms with Crippen molar-refractivity contribution in [2.45, 2.75) is 45.1 Å². The Labute approximate surface area is 127 Å². The van der Waals surface area contributed by atoms with E-state index in [0.29, 0.717) is 12.5 Å². The Bertz CT molecular complexity index is 514. The Hall–Kier alpha value is -1.61. The number of aliphatic hydroxyl groups is 1. The van der Waals surface area contributed by atoms with Crippen LogP contribution in [0.5, 0.6) is 0 Å². The number of benzene rings is 1. The van der Waals surface area contributed by atoms with Crippen LogP contribution in [0.15, 0.2) is 30.3 Å². The molecular weight excluding hydrogens is 262 g/mol. The van der Waals surface area contributed by atoms with Crippen molar-refractivity contribution in [3.05, 3.63) is 41.5 Å². The molecule has 1 aliphatic rings. The smallest absolute Gasteiger partial charge is 0.244 e. The Balaban J connectivity index is 1.84. The van der Waals surface area contributed by atoms with Gasteiger partial charge >= 0.3 is 0 Å². The molecule has 0 atom stereocenters. The monoisotopic (exact) mass is 287 g/mol.